The third kappa shape index (κ3) is 3.53. The number of benzene rings is 1. The van der Waals surface area contributed by atoms with Crippen molar-refractivity contribution >= 4 is 0 Å². The molecule has 3 heteroatoms. The number of methoxy groups -OCH3 is 1. The Kier molecular flexibility index (Phi) is 4.52. The second-order valence-corrected chi connectivity index (χ2v) is 3.04. The van der Waals surface area contributed by atoms with Gasteiger partial charge in [-0.1, -0.05) is 11.8 Å². The average molecular weight is 205 g/mol. The molecule has 0 saturated heterocycles. The van der Waals surface area contributed by atoms with Crippen LogP contribution in [0, 0.1) is 11.8 Å². The van der Waals surface area contributed by atoms with Crippen molar-refractivity contribution < 1.29 is 9.84 Å². The Morgan fingerprint density at radius 3 is 2.93 bits per heavy atom. The van der Waals surface area contributed by atoms with Crippen molar-refractivity contribution in [2.75, 3.05) is 20.7 Å². The lowest BCUT2D eigenvalue weighted by molar-refractivity contribution is 0.411. The third-order valence-corrected chi connectivity index (χ3v) is 1.91. The maximum absolute atomic E-state index is 9.30. The van der Waals surface area contributed by atoms with Gasteiger partial charge in [0.2, 0.25) is 0 Å². The minimum absolute atomic E-state index is 0.203. The van der Waals surface area contributed by atoms with E-state index >= 15 is 0 Å². The number of aromatic hydroxyl groups is 1. The minimum Gasteiger partial charge on any atom is -0.508 e. The second kappa shape index (κ2) is 5.94. The molecule has 0 unspecified atom stereocenters. The summed E-state index contributed by atoms with van der Waals surface area (Å²) < 4.78 is 5.13. The first-order valence-corrected chi connectivity index (χ1v) is 4.78. The largest absolute Gasteiger partial charge is 0.508 e. The van der Waals surface area contributed by atoms with Crippen molar-refractivity contribution in [3.63, 3.8) is 0 Å². The summed E-state index contributed by atoms with van der Waals surface area (Å²) in [5.74, 6) is 6.85. The van der Waals surface area contributed by atoms with Crippen LogP contribution in [-0.2, 0) is 0 Å². The Hall–Kier alpha value is -1.66. The number of nitrogens with one attached hydrogen (secondary N) is 1. The van der Waals surface area contributed by atoms with Gasteiger partial charge in [-0.25, -0.2) is 0 Å². The Morgan fingerprint density at radius 1 is 1.47 bits per heavy atom. The lowest BCUT2D eigenvalue weighted by Gasteiger charge is -2.02. The highest BCUT2D eigenvalue weighted by Crippen LogP contribution is 2.21. The van der Waals surface area contributed by atoms with E-state index in [1.54, 1.807) is 25.3 Å². The predicted octanol–water partition coefficient (Wildman–Crippen LogP) is 1.36. The van der Waals surface area contributed by atoms with Gasteiger partial charge in [0.15, 0.2) is 0 Å². The van der Waals surface area contributed by atoms with E-state index in [1.807, 2.05) is 7.05 Å². The van der Waals surface area contributed by atoms with Crippen molar-refractivity contribution in [3.8, 4) is 23.3 Å². The Bertz CT molecular complexity index is 377. The molecule has 3 nitrogen and oxygen atoms in total. The summed E-state index contributed by atoms with van der Waals surface area (Å²) in [6, 6.07) is 4.89. The first-order valence-electron chi connectivity index (χ1n) is 4.78. The SMILES string of the molecule is CNCCC#Cc1cc(O)ccc1OC. The smallest absolute Gasteiger partial charge is 0.134 e. The van der Waals surface area contributed by atoms with Crippen LogP contribution in [0.2, 0.25) is 0 Å². The number of hydrogen-bond donors (Lipinski definition) is 2. The number of phenols is 1. The molecule has 80 valence electrons. The third-order valence-electron chi connectivity index (χ3n) is 1.91. The maximum Gasteiger partial charge on any atom is 0.134 e. The second-order valence-electron chi connectivity index (χ2n) is 3.04. The first kappa shape index (κ1) is 11.4. The zero-order chi connectivity index (χ0) is 11.1. The normalized spacial score (nSPS) is 9.20. The van der Waals surface area contributed by atoms with E-state index in [0.29, 0.717) is 11.3 Å². The van der Waals surface area contributed by atoms with Crippen LogP contribution in [0.25, 0.3) is 0 Å². The van der Waals surface area contributed by atoms with Crippen molar-refractivity contribution in [1.82, 2.24) is 5.32 Å². The number of hydrogen-bond acceptors (Lipinski definition) is 3. The Morgan fingerprint density at radius 2 is 2.27 bits per heavy atom. The van der Waals surface area contributed by atoms with Gasteiger partial charge in [0.25, 0.3) is 0 Å². The van der Waals surface area contributed by atoms with Crippen molar-refractivity contribution in [2.45, 2.75) is 6.42 Å². The molecule has 15 heavy (non-hydrogen) atoms. The van der Waals surface area contributed by atoms with Gasteiger partial charge in [0, 0.05) is 13.0 Å². The highest BCUT2D eigenvalue weighted by molar-refractivity contribution is 5.49. The highest BCUT2D eigenvalue weighted by atomic mass is 16.5. The molecule has 2 N–H and O–H groups in total. The summed E-state index contributed by atoms with van der Waals surface area (Å²) in [5.41, 5.74) is 0.716. The number of ether oxygens (including phenoxy) is 1. The van der Waals surface area contributed by atoms with E-state index < -0.39 is 0 Å². The lowest BCUT2D eigenvalue weighted by Crippen LogP contribution is -2.05. The maximum atomic E-state index is 9.30. The van der Waals surface area contributed by atoms with Gasteiger partial charge in [-0.3, -0.25) is 0 Å². The van der Waals surface area contributed by atoms with Crippen LogP contribution >= 0.6 is 0 Å². The van der Waals surface area contributed by atoms with Gasteiger partial charge < -0.3 is 15.2 Å². The molecule has 0 aliphatic rings. The van der Waals surface area contributed by atoms with E-state index in [-0.39, 0.29) is 5.75 Å². The molecule has 0 bridgehead atoms. The van der Waals surface area contributed by atoms with E-state index in [2.05, 4.69) is 17.2 Å². The fraction of sp³-hybridized carbons (Fsp3) is 0.333. The molecular weight excluding hydrogens is 190 g/mol. The van der Waals surface area contributed by atoms with Crippen LogP contribution < -0.4 is 10.1 Å². The Labute approximate surface area is 90.1 Å². The van der Waals surface area contributed by atoms with Crippen molar-refractivity contribution in [1.29, 1.82) is 0 Å². The molecule has 0 aromatic heterocycles. The lowest BCUT2D eigenvalue weighted by atomic mass is 10.2. The van der Waals surface area contributed by atoms with Gasteiger partial charge in [-0.15, -0.1) is 0 Å². The van der Waals surface area contributed by atoms with E-state index in [1.165, 1.54) is 0 Å². The zero-order valence-corrected chi connectivity index (χ0v) is 9.00. The van der Waals surface area contributed by atoms with Crippen LogP contribution in [0.1, 0.15) is 12.0 Å². The topological polar surface area (TPSA) is 41.5 Å². The number of rotatable bonds is 3. The summed E-state index contributed by atoms with van der Waals surface area (Å²) in [7, 11) is 3.47. The average Bonchev–Trinajstić information content (AvgIpc) is 2.25. The van der Waals surface area contributed by atoms with Crippen LogP contribution in [0.15, 0.2) is 18.2 Å². The molecule has 0 spiro atoms. The molecule has 0 amide bonds. The fourth-order valence-corrected chi connectivity index (χ4v) is 1.14. The summed E-state index contributed by atoms with van der Waals surface area (Å²) in [6.45, 7) is 0.855. The van der Waals surface area contributed by atoms with Crippen molar-refractivity contribution in [2.24, 2.45) is 0 Å². The zero-order valence-electron chi connectivity index (χ0n) is 9.00. The molecule has 0 atom stereocenters. The molecule has 0 aliphatic carbocycles. The molecule has 0 heterocycles. The first-order chi connectivity index (χ1) is 7.27. The van der Waals surface area contributed by atoms with Crippen LogP contribution in [0.3, 0.4) is 0 Å². The Balaban J connectivity index is 2.80. The number of phenolic OH excluding ortho intramolecular Hbond substituents is 1. The van der Waals surface area contributed by atoms with Crippen LogP contribution in [-0.4, -0.2) is 25.8 Å². The molecule has 0 radical (unpaired) electrons. The summed E-state index contributed by atoms with van der Waals surface area (Å²) in [4.78, 5) is 0. The summed E-state index contributed by atoms with van der Waals surface area (Å²) >= 11 is 0. The molecule has 0 saturated carbocycles. The van der Waals surface area contributed by atoms with Crippen LogP contribution in [0.5, 0.6) is 11.5 Å². The fourth-order valence-electron chi connectivity index (χ4n) is 1.14. The van der Waals surface area contributed by atoms with Gasteiger partial charge in [0.05, 0.1) is 12.7 Å². The van der Waals surface area contributed by atoms with Crippen LogP contribution in [0.4, 0.5) is 0 Å². The minimum atomic E-state index is 0.203. The van der Waals surface area contributed by atoms with Crippen molar-refractivity contribution in [3.05, 3.63) is 23.8 Å². The van der Waals surface area contributed by atoms with Gasteiger partial charge in [0.1, 0.15) is 11.5 Å². The molecule has 1 aromatic carbocycles. The van der Waals surface area contributed by atoms with Gasteiger partial charge in [-0.05, 0) is 25.2 Å². The molecule has 1 rings (SSSR count). The molecule has 0 aliphatic heterocycles. The standard InChI is InChI=1S/C12H15NO2/c1-13-8-4-3-5-10-9-11(14)6-7-12(10)15-2/h6-7,9,13-14H,4,8H2,1-2H3. The van der Waals surface area contributed by atoms with Gasteiger partial charge >= 0.3 is 0 Å². The molecule has 1 aromatic rings. The summed E-state index contributed by atoms with van der Waals surface area (Å²) in [6.07, 6.45) is 0.773. The summed E-state index contributed by atoms with van der Waals surface area (Å²) in [5, 5.41) is 12.3. The molecule has 0 fully saturated rings. The predicted molar refractivity (Wildman–Crippen MR) is 60.1 cm³/mol. The highest BCUT2D eigenvalue weighted by Gasteiger charge is 2.00. The van der Waals surface area contributed by atoms with E-state index in [4.69, 9.17) is 4.74 Å². The quantitative estimate of drug-likeness (QED) is 0.578. The molecular formula is C12H15NO2. The van der Waals surface area contributed by atoms with Gasteiger partial charge in [-0.2, -0.15) is 0 Å². The monoisotopic (exact) mass is 205 g/mol. The van der Waals surface area contributed by atoms with E-state index in [0.717, 1.165) is 13.0 Å². The van der Waals surface area contributed by atoms with E-state index in [9.17, 15) is 5.11 Å².